The fourth-order valence-corrected chi connectivity index (χ4v) is 2.19. The zero-order valence-corrected chi connectivity index (χ0v) is 9.19. The van der Waals surface area contributed by atoms with Crippen LogP contribution in [-0.4, -0.2) is 0 Å². The molecule has 0 spiro atoms. The van der Waals surface area contributed by atoms with Gasteiger partial charge in [0.2, 0.25) is 0 Å². The monoisotopic (exact) mass is 206 g/mol. The van der Waals surface area contributed by atoms with Crippen LogP contribution in [0.15, 0.2) is 48.5 Å². The van der Waals surface area contributed by atoms with Crippen molar-refractivity contribution in [2.75, 3.05) is 0 Å². The Balaban J connectivity index is 2.10. The van der Waals surface area contributed by atoms with Crippen molar-refractivity contribution < 1.29 is 0 Å². The maximum atomic E-state index is 2.28. The fraction of sp³-hybridized carbons (Fsp3) is 0.125. The standard InChI is InChI=1S/C16H14/c1-3-13-7-9-15-5-2-6-16(12-15)10-8-14(4-1)11-13/h1-7,9,11-12H,8,10H2/b9-7-. The quantitative estimate of drug-likeness (QED) is 0.612. The summed E-state index contributed by atoms with van der Waals surface area (Å²) >= 11 is 0. The highest BCUT2D eigenvalue weighted by molar-refractivity contribution is 5.70. The molecule has 4 bridgehead atoms. The highest BCUT2D eigenvalue weighted by Crippen LogP contribution is 2.16. The SMILES string of the molecule is C1=C\c2cccc(c2)CCc2cccc/1c2. The summed E-state index contributed by atoms with van der Waals surface area (Å²) < 4.78 is 0. The first-order valence-electron chi connectivity index (χ1n) is 5.76. The second-order valence-corrected chi connectivity index (χ2v) is 4.32. The van der Waals surface area contributed by atoms with Crippen LogP contribution in [0.5, 0.6) is 0 Å². The molecule has 1 aliphatic rings. The largest absolute Gasteiger partial charge is 0.0614 e. The van der Waals surface area contributed by atoms with E-state index in [2.05, 4.69) is 60.7 Å². The van der Waals surface area contributed by atoms with Gasteiger partial charge in [0, 0.05) is 0 Å². The number of fused-ring (bicyclic) bond motifs is 4. The molecule has 0 aliphatic heterocycles. The maximum absolute atomic E-state index is 2.28. The summed E-state index contributed by atoms with van der Waals surface area (Å²) in [4.78, 5) is 0. The number of benzene rings is 2. The van der Waals surface area contributed by atoms with Crippen molar-refractivity contribution in [2.24, 2.45) is 0 Å². The van der Waals surface area contributed by atoms with Crippen LogP contribution < -0.4 is 0 Å². The smallest absolute Gasteiger partial charge is 0.0238 e. The van der Waals surface area contributed by atoms with Gasteiger partial charge in [-0.3, -0.25) is 0 Å². The van der Waals surface area contributed by atoms with Gasteiger partial charge in [-0.2, -0.15) is 0 Å². The van der Waals surface area contributed by atoms with E-state index < -0.39 is 0 Å². The van der Waals surface area contributed by atoms with E-state index in [9.17, 15) is 0 Å². The Morgan fingerprint density at radius 3 is 1.62 bits per heavy atom. The van der Waals surface area contributed by atoms with Crippen molar-refractivity contribution in [3.8, 4) is 0 Å². The summed E-state index contributed by atoms with van der Waals surface area (Å²) in [6.45, 7) is 0. The third-order valence-corrected chi connectivity index (χ3v) is 3.07. The molecule has 0 radical (unpaired) electrons. The highest BCUT2D eigenvalue weighted by Gasteiger charge is 2.00. The molecule has 0 unspecified atom stereocenters. The third-order valence-electron chi connectivity index (χ3n) is 3.07. The van der Waals surface area contributed by atoms with Crippen LogP contribution in [0.4, 0.5) is 0 Å². The lowest BCUT2D eigenvalue weighted by Crippen LogP contribution is -1.93. The molecule has 1 aliphatic carbocycles. The minimum Gasteiger partial charge on any atom is -0.0614 e. The molecular weight excluding hydrogens is 192 g/mol. The summed E-state index contributed by atoms with van der Waals surface area (Å²) in [7, 11) is 0. The molecule has 0 nitrogen and oxygen atoms in total. The Labute approximate surface area is 96.3 Å². The molecule has 3 rings (SSSR count). The van der Waals surface area contributed by atoms with Gasteiger partial charge in [-0.1, -0.05) is 60.7 Å². The molecule has 0 N–H and O–H groups in total. The van der Waals surface area contributed by atoms with Gasteiger partial charge in [-0.05, 0) is 35.1 Å². The van der Waals surface area contributed by atoms with Crippen LogP contribution in [-0.2, 0) is 12.8 Å². The summed E-state index contributed by atoms with van der Waals surface area (Å²) in [5, 5.41) is 0. The number of rotatable bonds is 0. The minimum atomic E-state index is 1.13. The molecule has 2 aromatic rings. The molecule has 2 aromatic carbocycles. The summed E-state index contributed by atoms with van der Waals surface area (Å²) in [5.41, 5.74) is 5.44. The van der Waals surface area contributed by atoms with E-state index in [0.29, 0.717) is 0 Å². The molecule has 0 atom stereocenters. The van der Waals surface area contributed by atoms with Crippen molar-refractivity contribution >= 4 is 12.2 Å². The Morgan fingerprint density at radius 1 is 0.625 bits per heavy atom. The van der Waals surface area contributed by atoms with E-state index in [1.54, 1.807) is 0 Å². The number of hydrogen-bond donors (Lipinski definition) is 0. The Bertz CT molecular complexity index is 486. The molecule has 0 heterocycles. The normalized spacial score (nSPS) is 15.5. The van der Waals surface area contributed by atoms with E-state index in [4.69, 9.17) is 0 Å². The van der Waals surface area contributed by atoms with Crippen LogP contribution in [0.1, 0.15) is 22.3 Å². The number of aryl methyl sites for hydroxylation is 2. The van der Waals surface area contributed by atoms with E-state index in [0.717, 1.165) is 12.8 Å². The van der Waals surface area contributed by atoms with Crippen LogP contribution in [0.3, 0.4) is 0 Å². The van der Waals surface area contributed by atoms with Crippen molar-refractivity contribution in [2.45, 2.75) is 12.8 Å². The van der Waals surface area contributed by atoms with Crippen LogP contribution in [0.25, 0.3) is 12.2 Å². The van der Waals surface area contributed by atoms with E-state index in [1.165, 1.54) is 22.3 Å². The average Bonchev–Trinajstić information content (AvgIpc) is 2.34. The Kier molecular flexibility index (Phi) is 2.34. The zero-order valence-electron chi connectivity index (χ0n) is 9.19. The van der Waals surface area contributed by atoms with Gasteiger partial charge in [0.05, 0.1) is 0 Å². The van der Waals surface area contributed by atoms with Crippen LogP contribution >= 0.6 is 0 Å². The summed E-state index contributed by atoms with van der Waals surface area (Å²) in [6, 6.07) is 17.6. The van der Waals surface area contributed by atoms with Gasteiger partial charge < -0.3 is 0 Å². The first kappa shape index (κ1) is 9.41. The molecule has 0 saturated carbocycles. The van der Waals surface area contributed by atoms with Gasteiger partial charge in [0.1, 0.15) is 0 Å². The molecule has 0 saturated heterocycles. The van der Waals surface area contributed by atoms with Crippen LogP contribution in [0.2, 0.25) is 0 Å². The summed E-state index contributed by atoms with van der Waals surface area (Å²) in [5.74, 6) is 0. The molecule has 0 heteroatoms. The van der Waals surface area contributed by atoms with Gasteiger partial charge in [0.25, 0.3) is 0 Å². The number of hydrogen-bond acceptors (Lipinski definition) is 0. The van der Waals surface area contributed by atoms with Crippen molar-refractivity contribution in [3.63, 3.8) is 0 Å². The lowest BCUT2D eigenvalue weighted by molar-refractivity contribution is 0.959. The minimum absolute atomic E-state index is 1.13. The molecular formula is C16H14. The Morgan fingerprint density at radius 2 is 1.12 bits per heavy atom. The predicted molar refractivity (Wildman–Crippen MR) is 69.2 cm³/mol. The van der Waals surface area contributed by atoms with E-state index in [1.807, 2.05) is 0 Å². The second-order valence-electron chi connectivity index (χ2n) is 4.32. The van der Waals surface area contributed by atoms with E-state index >= 15 is 0 Å². The van der Waals surface area contributed by atoms with Crippen molar-refractivity contribution in [1.82, 2.24) is 0 Å². The lowest BCUT2D eigenvalue weighted by Gasteiger charge is -2.07. The van der Waals surface area contributed by atoms with Gasteiger partial charge in [0.15, 0.2) is 0 Å². The van der Waals surface area contributed by atoms with Crippen molar-refractivity contribution in [3.05, 3.63) is 70.8 Å². The van der Waals surface area contributed by atoms with Crippen molar-refractivity contribution in [1.29, 1.82) is 0 Å². The molecule has 0 amide bonds. The average molecular weight is 206 g/mol. The van der Waals surface area contributed by atoms with Crippen LogP contribution in [0, 0.1) is 0 Å². The molecule has 0 aromatic heterocycles. The summed E-state index contributed by atoms with van der Waals surface area (Å²) in [6.07, 6.45) is 6.64. The lowest BCUT2D eigenvalue weighted by atomic mass is 9.99. The maximum Gasteiger partial charge on any atom is -0.0238 e. The third kappa shape index (κ3) is 1.92. The second kappa shape index (κ2) is 3.97. The molecule has 0 fully saturated rings. The van der Waals surface area contributed by atoms with Gasteiger partial charge in [-0.25, -0.2) is 0 Å². The van der Waals surface area contributed by atoms with E-state index in [-0.39, 0.29) is 0 Å². The zero-order chi connectivity index (χ0) is 10.8. The first-order valence-corrected chi connectivity index (χ1v) is 5.76. The fourth-order valence-electron chi connectivity index (χ4n) is 2.19. The predicted octanol–water partition coefficient (Wildman–Crippen LogP) is 3.96. The highest BCUT2D eigenvalue weighted by atomic mass is 14.0. The molecule has 78 valence electrons. The first-order chi connectivity index (χ1) is 7.90. The topological polar surface area (TPSA) is 0 Å². The Hall–Kier alpha value is -1.82. The van der Waals surface area contributed by atoms with Gasteiger partial charge in [-0.15, -0.1) is 0 Å². The van der Waals surface area contributed by atoms with Gasteiger partial charge >= 0.3 is 0 Å². The molecule has 16 heavy (non-hydrogen) atoms.